The van der Waals surface area contributed by atoms with Gasteiger partial charge in [0.2, 0.25) is 0 Å². The van der Waals surface area contributed by atoms with Crippen molar-refractivity contribution in [2.45, 2.75) is 32.7 Å². The largest absolute Gasteiger partial charge is 0.337 e. The van der Waals surface area contributed by atoms with Crippen LogP contribution in [0.25, 0.3) is 0 Å². The highest BCUT2D eigenvalue weighted by Crippen LogP contribution is 1.97. The molecule has 0 unspecified atom stereocenters. The number of hydrogen-bond donors (Lipinski definition) is 0. The lowest BCUT2D eigenvalue weighted by molar-refractivity contribution is 0.602. The first-order valence-electron chi connectivity index (χ1n) is 3.89. The standard InChI is InChI=1S/C8H14N2/c1-2-3-4-6-10-7-5-9-8-10/h5,7-8H,2-4,6H2,1H3. The van der Waals surface area contributed by atoms with Gasteiger partial charge in [0.05, 0.1) is 6.33 Å². The minimum atomic E-state index is 1.12. The molecule has 0 aromatic carbocycles. The number of unbranched alkanes of at least 4 members (excludes halogenated alkanes) is 2. The quantitative estimate of drug-likeness (QED) is 0.582. The first-order chi connectivity index (χ1) is 4.93. The van der Waals surface area contributed by atoms with Gasteiger partial charge in [-0.05, 0) is 6.42 Å². The summed E-state index contributed by atoms with van der Waals surface area (Å²) < 4.78 is 2.12. The van der Waals surface area contributed by atoms with E-state index >= 15 is 0 Å². The Balaban J connectivity index is 2.15. The first kappa shape index (κ1) is 7.32. The maximum Gasteiger partial charge on any atom is 0.0945 e. The highest BCUT2D eigenvalue weighted by molar-refractivity contribution is 4.73. The molecule has 1 rings (SSSR count). The summed E-state index contributed by atoms with van der Waals surface area (Å²) in [5, 5.41) is 0. The fourth-order valence-electron chi connectivity index (χ4n) is 0.963. The van der Waals surface area contributed by atoms with Crippen LogP contribution in [0.5, 0.6) is 0 Å². The summed E-state index contributed by atoms with van der Waals surface area (Å²) in [5.41, 5.74) is 0. The van der Waals surface area contributed by atoms with Crippen molar-refractivity contribution >= 4 is 0 Å². The maximum atomic E-state index is 3.96. The highest BCUT2D eigenvalue weighted by atomic mass is 15.0. The number of rotatable bonds is 4. The van der Waals surface area contributed by atoms with E-state index in [4.69, 9.17) is 0 Å². The Kier molecular flexibility index (Phi) is 3.00. The van der Waals surface area contributed by atoms with Gasteiger partial charge in [0.25, 0.3) is 0 Å². The monoisotopic (exact) mass is 138 g/mol. The summed E-state index contributed by atoms with van der Waals surface area (Å²) in [6.07, 6.45) is 9.58. The van der Waals surface area contributed by atoms with Crippen LogP contribution in [-0.2, 0) is 6.54 Å². The van der Waals surface area contributed by atoms with Crippen LogP contribution in [0.1, 0.15) is 26.2 Å². The van der Waals surface area contributed by atoms with Crippen molar-refractivity contribution in [3.05, 3.63) is 18.7 Å². The molecule has 0 aliphatic rings. The van der Waals surface area contributed by atoms with Gasteiger partial charge < -0.3 is 4.57 Å². The zero-order valence-electron chi connectivity index (χ0n) is 6.45. The first-order valence-corrected chi connectivity index (χ1v) is 3.89. The number of aromatic nitrogens is 2. The third-order valence-corrected chi connectivity index (χ3v) is 1.58. The van der Waals surface area contributed by atoms with E-state index in [0.717, 1.165) is 6.54 Å². The average Bonchev–Trinajstić information content (AvgIpc) is 2.41. The van der Waals surface area contributed by atoms with Gasteiger partial charge in [0.1, 0.15) is 0 Å². The second-order valence-corrected chi connectivity index (χ2v) is 2.51. The van der Waals surface area contributed by atoms with Gasteiger partial charge in [-0.1, -0.05) is 19.8 Å². The molecule has 0 saturated heterocycles. The molecule has 0 radical (unpaired) electrons. The van der Waals surface area contributed by atoms with Crippen molar-refractivity contribution in [1.29, 1.82) is 0 Å². The van der Waals surface area contributed by atoms with Crippen LogP contribution in [0.3, 0.4) is 0 Å². The minimum absolute atomic E-state index is 1.12. The van der Waals surface area contributed by atoms with Crippen molar-refractivity contribution in [3.63, 3.8) is 0 Å². The second-order valence-electron chi connectivity index (χ2n) is 2.51. The van der Waals surface area contributed by atoms with E-state index in [-0.39, 0.29) is 0 Å². The van der Waals surface area contributed by atoms with Crippen LogP contribution in [0.4, 0.5) is 0 Å². The molecule has 2 heteroatoms. The fourth-order valence-corrected chi connectivity index (χ4v) is 0.963. The van der Waals surface area contributed by atoms with E-state index < -0.39 is 0 Å². The third-order valence-electron chi connectivity index (χ3n) is 1.58. The lowest BCUT2D eigenvalue weighted by Gasteiger charge is -1.98. The molecule has 2 nitrogen and oxygen atoms in total. The molecule has 0 aliphatic heterocycles. The molecule has 0 atom stereocenters. The van der Waals surface area contributed by atoms with Gasteiger partial charge in [-0.3, -0.25) is 0 Å². The maximum absolute atomic E-state index is 3.96. The Morgan fingerprint density at radius 2 is 2.30 bits per heavy atom. The zero-order valence-corrected chi connectivity index (χ0v) is 6.45. The van der Waals surface area contributed by atoms with E-state index in [1.54, 1.807) is 0 Å². The SMILES string of the molecule is CCCCCn1ccnc1. The van der Waals surface area contributed by atoms with E-state index in [2.05, 4.69) is 16.5 Å². The molecule has 10 heavy (non-hydrogen) atoms. The summed E-state index contributed by atoms with van der Waals surface area (Å²) in [4.78, 5) is 3.96. The lowest BCUT2D eigenvalue weighted by Crippen LogP contribution is -1.92. The molecule has 0 fully saturated rings. The predicted octanol–water partition coefficient (Wildman–Crippen LogP) is 2.07. The summed E-state index contributed by atoms with van der Waals surface area (Å²) in [5.74, 6) is 0. The molecule has 0 saturated carbocycles. The summed E-state index contributed by atoms with van der Waals surface area (Å²) in [7, 11) is 0. The minimum Gasteiger partial charge on any atom is -0.337 e. The number of imidazole rings is 1. The highest BCUT2D eigenvalue weighted by Gasteiger charge is 1.87. The molecule has 1 aromatic heterocycles. The van der Waals surface area contributed by atoms with Crippen LogP contribution < -0.4 is 0 Å². The number of nitrogens with zero attached hydrogens (tertiary/aromatic N) is 2. The van der Waals surface area contributed by atoms with Crippen LogP contribution in [0.2, 0.25) is 0 Å². The van der Waals surface area contributed by atoms with Crippen LogP contribution in [-0.4, -0.2) is 9.55 Å². The van der Waals surface area contributed by atoms with Gasteiger partial charge in [-0.25, -0.2) is 4.98 Å². The number of aryl methyl sites for hydroxylation is 1. The van der Waals surface area contributed by atoms with Crippen LogP contribution in [0.15, 0.2) is 18.7 Å². The molecule has 0 amide bonds. The van der Waals surface area contributed by atoms with Gasteiger partial charge >= 0.3 is 0 Å². The number of hydrogen-bond acceptors (Lipinski definition) is 1. The predicted molar refractivity (Wildman–Crippen MR) is 41.8 cm³/mol. The Labute approximate surface area is 61.9 Å². The molecule has 1 aromatic rings. The zero-order chi connectivity index (χ0) is 7.23. The van der Waals surface area contributed by atoms with E-state index in [9.17, 15) is 0 Å². The van der Waals surface area contributed by atoms with Crippen molar-refractivity contribution in [3.8, 4) is 0 Å². The third kappa shape index (κ3) is 2.21. The van der Waals surface area contributed by atoms with Crippen molar-refractivity contribution in [2.24, 2.45) is 0 Å². The van der Waals surface area contributed by atoms with Gasteiger partial charge in [-0.2, -0.15) is 0 Å². The van der Waals surface area contributed by atoms with E-state index in [0.29, 0.717) is 0 Å². The fraction of sp³-hybridized carbons (Fsp3) is 0.625. The average molecular weight is 138 g/mol. The Hall–Kier alpha value is -0.790. The van der Waals surface area contributed by atoms with Crippen molar-refractivity contribution in [2.75, 3.05) is 0 Å². The second kappa shape index (κ2) is 4.09. The molecule has 1 heterocycles. The van der Waals surface area contributed by atoms with Gasteiger partial charge in [-0.15, -0.1) is 0 Å². The Morgan fingerprint density at radius 1 is 1.40 bits per heavy atom. The van der Waals surface area contributed by atoms with E-state index in [1.807, 2.05) is 18.7 Å². The Morgan fingerprint density at radius 3 is 2.90 bits per heavy atom. The summed E-state index contributed by atoms with van der Waals surface area (Å²) in [6, 6.07) is 0. The molecular formula is C8H14N2. The summed E-state index contributed by atoms with van der Waals surface area (Å²) in [6.45, 7) is 3.34. The van der Waals surface area contributed by atoms with Crippen molar-refractivity contribution < 1.29 is 0 Å². The molecule has 0 spiro atoms. The molecule has 0 aliphatic carbocycles. The lowest BCUT2D eigenvalue weighted by atomic mass is 10.2. The smallest absolute Gasteiger partial charge is 0.0945 e. The molecule has 56 valence electrons. The van der Waals surface area contributed by atoms with Gasteiger partial charge in [0, 0.05) is 18.9 Å². The summed E-state index contributed by atoms with van der Waals surface area (Å²) >= 11 is 0. The molecular weight excluding hydrogens is 124 g/mol. The topological polar surface area (TPSA) is 17.8 Å². The van der Waals surface area contributed by atoms with Crippen LogP contribution in [0, 0.1) is 0 Å². The normalized spacial score (nSPS) is 10.1. The van der Waals surface area contributed by atoms with Crippen molar-refractivity contribution in [1.82, 2.24) is 9.55 Å². The molecule has 0 bridgehead atoms. The molecule has 0 N–H and O–H groups in total. The van der Waals surface area contributed by atoms with E-state index in [1.165, 1.54) is 19.3 Å². The Bertz CT molecular complexity index is 156. The van der Waals surface area contributed by atoms with Crippen LogP contribution >= 0.6 is 0 Å². The van der Waals surface area contributed by atoms with Gasteiger partial charge in [0.15, 0.2) is 0 Å².